The number of hydrogen-bond donors (Lipinski definition) is 1. The van der Waals surface area contributed by atoms with Gasteiger partial charge in [-0.25, -0.2) is 0 Å². The maximum absolute atomic E-state index is 5.87. The number of thioether (sulfide) groups is 1. The van der Waals surface area contributed by atoms with Gasteiger partial charge in [-0.1, -0.05) is 18.2 Å². The van der Waals surface area contributed by atoms with Gasteiger partial charge in [0.05, 0.1) is 0 Å². The Morgan fingerprint density at radius 2 is 1.78 bits per heavy atom. The molecule has 23 heavy (non-hydrogen) atoms. The molecule has 1 fully saturated rings. The maximum Gasteiger partial charge on any atom is 0.230 e. The third-order valence-electron chi connectivity index (χ3n) is 3.81. The molecule has 2 heterocycles. The maximum atomic E-state index is 5.87. The molecule has 0 radical (unpaired) electrons. The highest BCUT2D eigenvalue weighted by atomic mass is 32.2. The Bertz CT molecular complexity index is 628. The SMILES string of the molecule is CN1CCN(c2nc(N)nc(CCSc3ccccc3)n2)CC1. The van der Waals surface area contributed by atoms with Crippen LogP contribution < -0.4 is 10.6 Å². The van der Waals surface area contributed by atoms with E-state index in [4.69, 9.17) is 5.73 Å². The average Bonchev–Trinajstić information content (AvgIpc) is 2.56. The van der Waals surface area contributed by atoms with Crippen LogP contribution in [0, 0.1) is 0 Å². The van der Waals surface area contributed by atoms with Crippen LogP contribution in [-0.2, 0) is 6.42 Å². The van der Waals surface area contributed by atoms with E-state index < -0.39 is 0 Å². The van der Waals surface area contributed by atoms with Crippen LogP contribution in [0.1, 0.15) is 5.82 Å². The summed E-state index contributed by atoms with van der Waals surface area (Å²) in [6, 6.07) is 10.4. The summed E-state index contributed by atoms with van der Waals surface area (Å²) in [5.41, 5.74) is 5.87. The number of nitrogen functional groups attached to an aromatic ring is 1. The van der Waals surface area contributed by atoms with Gasteiger partial charge in [-0.2, -0.15) is 15.0 Å². The third-order valence-corrected chi connectivity index (χ3v) is 4.82. The molecule has 2 aromatic rings. The van der Waals surface area contributed by atoms with E-state index in [9.17, 15) is 0 Å². The molecule has 1 aliphatic rings. The largest absolute Gasteiger partial charge is 0.368 e. The van der Waals surface area contributed by atoms with Crippen molar-refractivity contribution in [1.82, 2.24) is 19.9 Å². The van der Waals surface area contributed by atoms with Gasteiger partial charge in [0.2, 0.25) is 11.9 Å². The first kappa shape index (κ1) is 16.0. The number of piperazine rings is 1. The minimum Gasteiger partial charge on any atom is -0.368 e. The van der Waals surface area contributed by atoms with Crippen molar-refractivity contribution in [1.29, 1.82) is 0 Å². The molecule has 7 heteroatoms. The Morgan fingerprint density at radius 1 is 1.04 bits per heavy atom. The van der Waals surface area contributed by atoms with Gasteiger partial charge < -0.3 is 15.5 Å². The summed E-state index contributed by atoms with van der Waals surface area (Å²) in [7, 11) is 2.13. The Labute approximate surface area is 141 Å². The Kier molecular flexibility index (Phi) is 5.30. The fourth-order valence-corrected chi connectivity index (χ4v) is 3.33. The molecule has 2 N–H and O–H groups in total. The van der Waals surface area contributed by atoms with Crippen molar-refractivity contribution in [2.45, 2.75) is 11.3 Å². The second-order valence-electron chi connectivity index (χ2n) is 5.61. The lowest BCUT2D eigenvalue weighted by molar-refractivity contribution is 0.311. The van der Waals surface area contributed by atoms with E-state index in [0.717, 1.165) is 44.2 Å². The van der Waals surface area contributed by atoms with Crippen molar-refractivity contribution in [3.05, 3.63) is 36.2 Å². The first-order valence-corrected chi connectivity index (χ1v) is 8.81. The summed E-state index contributed by atoms with van der Waals surface area (Å²) in [5, 5.41) is 0. The summed E-state index contributed by atoms with van der Waals surface area (Å²) in [4.78, 5) is 18.9. The summed E-state index contributed by atoms with van der Waals surface area (Å²) in [5.74, 6) is 2.73. The normalized spacial score (nSPS) is 15.8. The second kappa shape index (κ2) is 7.61. The van der Waals surface area contributed by atoms with Gasteiger partial charge >= 0.3 is 0 Å². The topological polar surface area (TPSA) is 71.2 Å². The third kappa shape index (κ3) is 4.56. The van der Waals surface area contributed by atoms with Crippen molar-refractivity contribution in [3.8, 4) is 0 Å². The molecule has 0 atom stereocenters. The number of benzene rings is 1. The predicted octanol–water partition coefficient (Wildman–Crippen LogP) is 1.54. The van der Waals surface area contributed by atoms with Crippen molar-refractivity contribution >= 4 is 23.7 Å². The van der Waals surface area contributed by atoms with Gasteiger partial charge in [0.1, 0.15) is 5.82 Å². The number of hydrogen-bond acceptors (Lipinski definition) is 7. The number of aryl methyl sites for hydroxylation is 1. The lowest BCUT2D eigenvalue weighted by Gasteiger charge is -2.32. The quantitative estimate of drug-likeness (QED) is 0.834. The van der Waals surface area contributed by atoms with E-state index in [2.05, 4.69) is 56.1 Å². The molecule has 0 amide bonds. The Morgan fingerprint density at radius 3 is 2.52 bits per heavy atom. The fourth-order valence-electron chi connectivity index (χ4n) is 2.46. The van der Waals surface area contributed by atoms with Crippen molar-refractivity contribution in [2.24, 2.45) is 0 Å². The summed E-state index contributed by atoms with van der Waals surface area (Å²) >= 11 is 1.80. The average molecular weight is 330 g/mol. The van der Waals surface area contributed by atoms with E-state index in [-0.39, 0.29) is 0 Å². The number of aromatic nitrogens is 3. The highest BCUT2D eigenvalue weighted by Gasteiger charge is 2.17. The highest BCUT2D eigenvalue weighted by molar-refractivity contribution is 7.99. The molecular weight excluding hydrogens is 308 g/mol. The molecule has 0 bridgehead atoms. The van der Waals surface area contributed by atoms with E-state index in [1.807, 2.05) is 6.07 Å². The minimum absolute atomic E-state index is 0.314. The van der Waals surface area contributed by atoms with Crippen LogP contribution in [0.15, 0.2) is 35.2 Å². The van der Waals surface area contributed by atoms with Gasteiger partial charge in [0.15, 0.2) is 0 Å². The van der Waals surface area contributed by atoms with Crippen LogP contribution in [0.25, 0.3) is 0 Å². The molecule has 3 rings (SSSR count). The number of likely N-dealkylation sites (N-methyl/N-ethyl adjacent to an activating group) is 1. The van der Waals surface area contributed by atoms with Gasteiger partial charge in [0, 0.05) is 43.2 Å². The van der Waals surface area contributed by atoms with Crippen LogP contribution in [0.4, 0.5) is 11.9 Å². The molecule has 1 saturated heterocycles. The summed E-state index contributed by atoms with van der Waals surface area (Å²) < 4.78 is 0. The van der Waals surface area contributed by atoms with Gasteiger partial charge in [-0.15, -0.1) is 11.8 Å². The lowest BCUT2D eigenvalue weighted by Crippen LogP contribution is -2.45. The number of anilines is 2. The zero-order valence-corrected chi connectivity index (χ0v) is 14.2. The van der Waals surface area contributed by atoms with Crippen LogP contribution in [0.5, 0.6) is 0 Å². The van der Waals surface area contributed by atoms with Crippen molar-refractivity contribution in [2.75, 3.05) is 49.6 Å². The fraction of sp³-hybridized carbons (Fsp3) is 0.438. The van der Waals surface area contributed by atoms with Crippen LogP contribution >= 0.6 is 11.8 Å². The molecule has 122 valence electrons. The zero-order valence-electron chi connectivity index (χ0n) is 13.4. The molecule has 0 saturated carbocycles. The Hall–Kier alpha value is -1.86. The molecule has 1 aliphatic heterocycles. The van der Waals surface area contributed by atoms with E-state index >= 15 is 0 Å². The van der Waals surface area contributed by atoms with E-state index in [1.165, 1.54) is 4.90 Å². The molecular formula is C16H22N6S. The smallest absolute Gasteiger partial charge is 0.230 e. The molecule has 0 spiro atoms. The van der Waals surface area contributed by atoms with Crippen LogP contribution in [-0.4, -0.2) is 58.8 Å². The second-order valence-corrected chi connectivity index (χ2v) is 6.78. The summed E-state index contributed by atoms with van der Waals surface area (Å²) in [6.45, 7) is 3.89. The Balaban J connectivity index is 1.61. The van der Waals surface area contributed by atoms with E-state index in [0.29, 0.717) is 11.9 Å². The van der Waals surface area contributed by atoms with Gasteiger partial charge in [0.25, 0.3) is 0 Å². The molecule has 6 nitrogen and oxygen atoms in total. The van der Waals surface area contributed by atoms with Gasteiger partial charge in [-0.3, -0.25) is 0 Å². The number of nitrogens with two attached hydrogens (primary N) is 1. The standard InChI is InChI=1S/C16H22N6S/c1-21-8-10-22(11-9-21)16-19-14(18-15(17)20-16)7-12-23-13-5-3-2-4-6-13/h2-6H,7-12H2,1H3,(H2,17,18,19,20). The summed E-state index contributed by atoms with van der Waals surface area (Å²) in [6.07, 6.45) is 0.785. The first-order chi connectivity index (χ1) is 11.2. The molecule has 1 aromatic carbocycles. The molecule has 0 aliphatic carbocycles. The molecule has 1 aromatic heterocycles. The first-order valence-electron chi connectivity index (χ1n) is 7.82. The van der Waals surface area contributed by atoms with E-state index in [1.54, 1.807) is 11.8 Å². The van der Waals surface area contributed by atoms with Crippen molar-refractivity contribution < 1.29 is 0 Å². The predicted molar refractivity (Wildman–Crippen MR) is 94.8 cm³/mol. The van der Waals surface area contributed by atoms with Crippen LogP contribution in [0.2, 0.25) is 0 Å². The zero-order chi connectivity index (χ0) is 16.1. The highest BCUT2D eigenvalue weighted by Crippen LogP contribution is 2.18. The van der Waals surface area contributed by atoms with Gasteiger partial charge in [-0.05, 0) is 19.2 Å². The van der Waals surface area contributed by atoms with Crippen molar-refractivity contribution in [3.63, 3.8) is 0 Å². The monoisotopic (exact) mass is 330 g/mol. The minimum atomic E-state index is 0.314. The number of rotatable bonds is 5. The molecule has 0 unspecified atom stereocenters. The van der Waals surface area contributed by atoms with Crippen LogP contribution in [0.3, 0.4) is 0 Å². The lowest BCUT2D eigenvalue weighted by atomic mass is 10.3. The number of nitrogens with zero attached hydrogens (tertiary/aromatic N) is 5.